The maximum Gasteiger partial charge on any atom is 0.328 e. The highest BCUT2D eigenvalue weighted by Crippen LogP contribution is 2.20. The molecule has 4 nitrogen and oxygen atoms in total. The molecular formula is C21H39NO3. The maximum absolute atomic E-state index is 12.8. The molecule has 0 fully saturated rings. The molecule has 0 aromatic carbocycles. The summed E-state index contributed by atoms with van der Waals surface area (Å²) in [4.78, 5) is 25.7. The van der Waals surface area contributed by atoms with E-state index in [0.717, 1.165) is 57.7 Å². The molecule has 146 valence electrons. The van der Waals surface area contributed by atoms with E-state index in [0.29, 0.717) is 17.4 Å². The first-order chi connectivity index (χ1) is 11.9. The minimum Gasteiger partial charge on any atom is -0.478 e. The summed E-state index contributed by atoms with van der Waals surface area (Å²) in [5.74, 6) is -0.190. The number of carboxylic acids is 1. The third-order valence-electron chi connectivity index (χ3n) is 5.01. The molecule has 25 heavy (non-hydrogen) atoms. The second-order valence-electron chi connectivity index (χ2n) is 7.21. The van der Waals surface area contributed by atoms with Gasteiger partial charge < -0.3 is 10.0 Å². The predicted octanol–water partition coefficient (Wildman–Crippen LogP) is 5.28. The van der Waals surface area contributed by atoms with Crippen LogP contribution in [-0.4, -0.2) is 35.0 Å². The van der Waals surface area contributed by atoms with Gasteiger partial charge in [-0.25, -0.2) is 4.79 Å². The van der Waals surface area contributed by atoms with Gasteiger partial charge in [0.2, 0.25) is 5.91 Å². The van der Waals surface area contributed by atoms with E-state index in [-0.39, 0.29) is 5.91 Å². The lowest BCUT2D eigenvalue weighted by atomic mass is 9.95. The van der Waals surface area contributed by atoms with Crippen LogP contribution in [0.15, 0.2) is 11.6 Å². The van der Waals surface area contributed by atoms with Gasteiger partial charge in [-0.2, -0.15) is 0 Å². The summed E-state index contributed by atoms with van der Waals surface area (Å²) >= 11 is 0. The van der Waals surface area contributed by atoms with Crippen molar-refractivity contribution in [2.45, 2.75) is 86.0 Å². The Balaban J connectivity index is 5.19. The van der Waals surface area contributed by atoms with E-state index in [4.69, 9.17) is 5.11 Å². The summed E-state index contributed by atoms with van der Waals surface area (Å²) in [6.45, 7) is 11.8. The highest BCUT2D eigenvalue weighted by molar-refractivity contribution is 5.98. The van der Waals surface area contributed by atoms with Crippen molar-refractivity contribution >= 4 is 11.9 Å². The van der Waals surface area contributed by atoms with Crippen LogP contribution < -0.4 is 0 Å². The molecule has 0 aromatic rings. The van der Waals surface area contributed by atoms with Crippen LogP contribution in [0.1, 0.15) is 86.0 Å². The van der Waals surface area contributed by atoms with Crippen LogP contribution in [0.25, 0.3) is 0 Å². The van der Waals surface area contributed by atoms with Crippen molar-refractivity contribution in [2.75, 3.05) is 13.1 Å². The van der Waals surface area contributed by atoms with Crippen molar-refractivity contribution in [3.63, 3.8) is 0 Å². The quantitative estimate of drug-likeness (QED) is 0.432. The van der Waals surface area contributed by atoms with Gasteiger partial charge in [-0.1, -0.05) is 66.2 Å². The third-order valence-corrected chi connectivity index (χ3v) is 5.01. The molecule has 0 saturated carbocycles. The molecular weight excluding hydrogens is 314 g/mol. The Morgan fingerprint density at radius 2 is 1.36 bits per heavy atom. The van der Waals surface area contributed by atoms with Crippen LogP contribution in [0.4, 0.5) is 0 Å². The lowest BCUT2D eigenvalue weighted by Gasteiger charge is -2.31. The Hall–Kier alpha value is -1.32. The molecule has 0 aliphatic carbocycles. The van der Waals surface area contributed by atoms with Gasteiger partial charge >= 0.3 is 5.97 Å². The fourth-order valence-corrected chi connectivity index (χ4v) is 3.19. The molecule has 0 heterocycles. The smallest absolute Gasteiger partial charge is 0.328 e. The third kappa shape index (κ3) is 10.3. The second-order valence-corrected chi connectivity index (χ2v) is 7.21. The number of carbonyl (C=O) groups is 2. The van der Waals surface area contributed by atoms with E-state index in [2.05, 4.69) is 27.7 Å². The number of carbonyl (C=O) groups excluding carboxylic acids is 1. The lowest BCUT2D eigenvalue weighted by molar-refractivity contribution is -0.133. The first-order valence-corrected chi connectivity index (χ1v) is 10.1. The van der Waals surface area contributed by atoms with E-state index in [1.807, 2.05) is 4.90 Å². The number of nitrogens with zero attached hydrogens (tertiary/aromatic N) is 1. The molecule has 2 atom stereocenters. The molecule has 4 heteroatoms. The van der Waals surface area contributed by atoms with E-state index < -0.39 is 5.97 Å². The number of amides is 1. The van der Waals surface area contributed by atoms with Gasteiger partial charge in [0.05, 0.1) is 0 Å². The summed E-state index contributed by atoms with van der Waals surface area (Å²) in [6, 6.07) is 0. The summed E-state index contributed by atoms with van der Waals surface area (Å²) in [6.07, 6.45) is 10.1. The fraction of sp³-hybridized carbons (Fsp3) is 0.810. The monoisotopic (exact) mass is 353 g/mol. The number of rotatable bonds is 14. The van der Waals surface area contributed by atoms with Crippen LogP contribution in [-0.2, 0) is 9.59 Å². The molecule has 0 radical (unpaired) electrons. The van der Waals surface area contributed by atoms with Crippen LogP contribution in [0.2, 0.25) is 0 Å². The van der Waals surface area contributed by atoms with Gasteiger partial charge in [0.1, 0.15) is 0 Å². The largest absolute Gasteiger partial charge is 0.478 e. The Bertz CT molecular complexity index is 399. The van der Waals surface area contributed by atoms with Gasteiger partial charge in [-0.15, -0.1) is 0 Å². The molecule has 0 aliphatic heterocycles. The van der Waals surface area contributed by atoms with E-state index >= 15 is 0 Å². The Kier molecular flexibility index (Phi) is 13.2. The Morgan fingerprint density at radius 3 is 1.68 bits per heavy atom. The van der Waals surface area contributed by atoms with Gasteiger partial charge in [0.15, 0.2) is 0 Å². The highest BCUT2D eigenvalue weighted by Gasteiger charge is 2.22. The fourth-order valence-electron chi connectivity index (χ4n) is 3.19. The van der Waals surface area contributed by atoms with E-state index in [9.17, 15) is 9.59 Å². The van der Waals surface area contributed by atoms with E-state index in [1.165, 1.54) is 12.8 Å². The minimum atomic E-state index is -1.05. The van der Waals surface area contributed by atoms with Crippen molar-refractivity contribution in [3.05, 3.63) is 11.6 Å². The SMILES string of the molecule is CCCCC(CC)CN(CC(CC)CCCC)C(=O)/C(C)=C\C(=O)O. The summed E-state index contributed by atoms with van der Waals surface area (Å²) < 4.78 is 0. The molecule has 2 unspecified atom stereocenters. The van der Waals surface area contributed by atoms with Crippen LogP contribution in [0.3, 0.4) is 0 Å². The summed E-state index contributed by atoms with van der Waals surface area (Å²) in [5.41, 5.74) is 0.322. The average molecular weight is 354 g/mol. The van der Waals surface area contributed by atoms with Crippen LogP contribution in [0, 0.1) is 11.8 Å². The summed E-state index contributed by atoms with van der Waals surface area (Å²) in [5, 5.41) is 8.96. The van der Waals surface area contributed by atoms with Crippen molar-refractivity contribution < 1.29 is 14.7 Å². The number of aliphatic carboxylic acids is 1. The van der Waals surface area contributed by atoms with Crippen molar-refractivity contribution in [1.82, 2.24) is 4.90 Å². The first-order valence-electron chi connectivity index (χ1n) is 10.1. The second kappa shape index (κ2) is 13.9. The van der Waals surface area contributed by atoms with Crippen molar-refractivity contribution in [2.24, 2.45) is 11.8 Å². The van der Waals surface area contributed by atoms with E-state index in [1.54, 1.807) is 6.92 Å². The number of hydrogen-bond donors (Lipinski definition) is 1. The normalized spacial score (nSPS) is 14.2. The maximum atomic E-state index is 12.8. The zero-order valence-electron chi connectivity index (χ0n) is 17.0. The van der Waals surface area contributed by atoms with Crippen molar-refractivity contribution in [1.29, 1.82) is 0 Å². The zero-order valence-corrected chi connectivity index (χ0v) is 17.0. The van der Waals surface area contributed by atoms with Crippen LogP contribution in [0.5, 0.6) is 0 Å². The molecule has 0 rings (SSSR count). The van der Waals surface area contributed by atoms with Gasteiger partial charge in [-0.3, -0.25) is 4.79 Å². The van der Waals surface area contributed by atoms with Gasteiger partial charge in [0.25, 0.3) is 0 Å². The molecule has 0 spiro atoms. The topological polar surface area (TPSA) is 57.6 Å². The lowest BCUT2D eigenvalue weighted by Crippen LogP contribution is -2.39. The molecule has 0 bridgehead atoms. The van der Waals surface area contributed by atoms with Gasteiger partial charge in [-0.05, 0) is 31.6 Å². The molecule has 1 N–H and O–H groups in total. The van der Waals surface area contributed by atoms with Crippen LogP contribution >= 0.6 is 0 Å². The zero-order chi connectivity index (χ0) is 19.2. The minimum absolute atomic E-state index is 0.118. The molecule has 1 amide bonds. The number of hydrogen-bond acceptors (Lipinski definition) is 2. The Labute approximate surface area is 154 Å². The molecule has 0 aliphatic rings. The summed E-state index contributed by atoms with van der Waals surface area (Å²) in [7, 11) is 0. The average Bonchev–Trinajstić information content (AvgIpc) is 2.59. The van der Waals surface area contributed by atoms with Crippen molar-refractivity contribution in [3.8, 4) is 0 Å². The highest BCUT2D eigenvalue weighted by atomic mass is 16.4. The number of unbranched alkanes of at least 4 members (excludes halogenated alkanes) is 2. The molecule has 0 aromatic heterocycles. The predicted molar refractivity (Wildman–Crippen MR) is 105 cm³/mol. The standard InChI is InChI=1S/C21H39NO3/c1-6-10-12-18(8-3)15-22(16-19(9-4)13-11-7-2)21(25)17(5)14-20(23)24/h14,18-19H,6-13,15-16H2,1-5H3,(H,23,24)/b17-14-. The Morgan fingerprint density at radius 1 is 0.920 bits per heavy atom. The molecule has 0 saturated heterocycles. The number of carboxylic acid groups (broad SMARTS) is 1. The first kappa shape index (κ1) is 23.7. The van der Waals surface area contributed by atoms with Gasteiger partial charge in [0, 0.05) is 24.7 Å².